The normalized spacial score (nSPS) is 30.9. The summed E-state index contributed by atoms with van der Waals surface area (Å²) in [6, 6.07) is 15.8. The van der Waals surface area contributed by atoms with Gasteiger partial charge in [0.05, 0.1) is 12.7 Å². The van der Waals surface area contributed by atoms with Crippen LogP contribution in [-0.2, 0) is 4.74 Å². The Morgan fingerprint density at radius 1 is 0.778 bits per heavy atom. The number of methoxy groups -OCH3 is 1. The van der Waals surface area contributed by atoms with Crippen molar-refractivity contribution >= 4 is 5.97 Å². The van der Waals surface area contributed by atoms with Crippen LogP contribution in [0.2, 0.25) is 0 Å². The number of carbonyl (C=O) groups is 1. The van der Waals surface area contributed by atoms with Crippen LogP contribution in [0.4, 0.5) is 0 Å². The minimum Gasteiger partial charge on any atom is -0.465 e. The predicted octanol–water partition coefficient (Wildman–Crippen LogP) is 5.81. The first kappa shape index (κ1) is 16.9. The Bertz CT molecular complexity index is 794. The molecule has 0 spiro atoms. The summed E-state index contributed by atoms with van der Waals surface area (Å²) in [4.78, 5) is 11.5. The van der Waals surface area contributed by atoms with Crippen molar-refractivity contribution in [3.05, 3.63) is 59.7 Å². The van der Waals surface area contributed by atoms with Crippen LogP contribution in [0.25, 0.3) is 0 Å². The van der Waals surface area contributed by atoms with Crippen molar-refractivity contribution < 1.29 is 14.3 Å². The van der Waals surface area contributed by atoms with Gasteiger partial charge in [0.2, 0.25) is 0 Å². The first-order valence-electron chi connectivity index (χ1n) is 10.2. The van der Waals surface area contributed by atoms with E-state index in [-0.39, 0.29) is 5.97 Å². The van der Waals surface area contributed by atoms with Crippen molar-refractivity contribution in [3.63, 3.8) is 0 Å². The standard InChI is InChI=1S/C24H26O3/c1-26-24(25)18-4-8-22(9-5-18)27-21-6-2-17(3-7-21)23-19-11-15-10-16(13-19)14-20(23)12-15/h2-9,15-16,19-20,23H,10-14H2,1H3/t15-,16+,19-,20+,23?. The molecule has 3 nitrogen and oxygen atoms in total. The van der Waals surface area contributed by atoms with E-state index in [4.69, 9.17) is 9.47 Å². The predicted molar refractivity (Wildman–Crippen MR) is 104 cm³/mol. The second-order valence-corrected chi connectivity index (χ2v) is 8.64. The highest BCUT2D eigenvalue weighted by atomic mass is 16.5. The molecule has 0 N–H and O–H groups in total. The maximum atomic E-state index is 11.5. The number of esters is 1. The topological polar surface area (TPSA) is 35.5 Å². The average Bonchev–Trinajstić information content (AvgIpc) is 2.68. The molecule has 0 aromatic heterocycles. The van der Waals surface area contributed by atoms with Crippen molar-refractivity contribution in [2.45, 2.75) is 38.0 Å². The Morgan fingerprint density at radius 2 is 1.30 bits per heavy atom. The molecule has 4 aliphatic rings. The van der Waals surface area contributed by atoms with Gasteiger partial charge in [0.25, 0.3) is 0 Å². The van der Waals surface area contributed by atoms with E-state index in [2.05, 4.69) is 24.3 Å². The summed E-state index contributed by atoms with van der Waals surface area (Å²) >= 11 is 0. The molecule has 0 unspecified atom stereocenters. The Labute approximate surface area is 160 Å². The lowest BCUT2D eigenvalue weighted by atomic mass is 9.51. The van der Waals surface area contributed by atoms with Gasteiger partial charge in [-0.3, -0.25) is 0 Å². The van der Waals surface area contributed by atoms with Gasteiger partial charge in [-0.1, -0.05) is 12.1 Å². The molecule has 0 saturated heterocycles. The van der Waals surface area contributed by atoms with Gasteiger partial charge in [-0.05, 0) is 104 Å². The summed E-state index contributed by atoms with van der Waals surface area (Å²) in [6.45, 7) is 0. The zero-order valence-corrected chi connectivity index (χ0v) is 15.8. The molecule has 6 rings (SSSR count). The molecule has 3 heteroatoms. The van der Waals surface area contributed by atoms with Gasteiger partial charge in [0, 0.05) is 0 Å². The SMILES string of the molecule is COC(=O)c1ccc(Oc2ccc(C3[C@H]4C[C@@H]5C[C@@H](C[C@H]3C5)C4)cc2)cc1. The van der Waals surface area contributed by atoms with Crippen LogP contribution in [-0.4, -0.2) is 13.1 Å². The largest absolute Gasteiger partial charge is 0.465 e. The van der Waals surface area contributed by atoms with E-state index in [0.29, 0.717) is 5.56 Å². The van der Waals surface area contributed by atoms with Gasteiger partial charge in [-0.2, -0.15) is 0 Å². The Balaban J connectivity index is 1.29. The number of carbonyl (C=O) groups excluding carboxylic acids is 1. The average molecular weight is 362 g/mol. The van der Waals surface area contributed by atoms with Gasteiger partial charge in [0.1, 0.15) is 11.5 Å². The molecule has 4 bridgehead atoms. The van der Waals surface area contributed by atoms with Crippen molar-refractivity contribution in [1.82, 2.24) is 0 Å². The fraction of sp³-hybridized carbons (Fsp3) is 0.458. The van der Waals surface area contributed by atoms with E-state index in [1.165, 1.54) is 44.8 Å². The fourth-order valence-corrected chi connectivity index (χ4v) is 6.14. The summed E-state index contributed by atoms with van der Waals surface area (Å²) in [5, 5.41) is 0. The van der Waals surface area contributed by atoms with Gasteiger partial charge in [-0.25, -0.2) is 4.79 Å². The lowest BCUT2D eigenvalue weighted by Gasteiger charge is -2.54. The molecule has 0 amide bonds. The highest BCUT2D eigenvalue weighted by Crippen LogP contribution is 2.59. The molecular formula is C24H26O3. The van der Waals surface area contributed by atoms with Crippen molar-refractivity contribution in [2.75, 3.05) is 7.11 Å². The smallest absolute Gasteiger partial charge is 0.337 e. The summed E-state index contributed by atoms with van der Waals surface area (Å²) < 4.78 is 10.7. The Morgan fingerprint density at radius 3 is 1.81 bits per heavy atom. The van der Waals surface area contributed by atoms with Gasteiger partial charge < -0.3 is 9.47 Å². The minimum absolute atomic E-state index is 0.332. The Hall–Kier alpha value is -2.29. The third kappa shape index (κ3) is 3.13. The molecule has 4 saturated carbocycles. The van der Waals surface area contributed by atoms with Crippen LogP contribution in [0.5, 0.6) is 11.5 Å². The molecule has 140 valence electrons. The molecule has 4 fully saturated rings. The zero-order chi connectivity index (χ0) is 18.4. The van der Waals surface area contributed by atoms with Crippen LogP contribution in [0.3, 0.4) is 0 Å². The first-order valence-corrected chi connectivity index (χ1v) is 10.2. The van der Waals surface area contributed by atoms with E-state index in [9.17, 15) is 4.79 Å². The third-order valence-corrected chi connectivity index (χ3v) is 7.00. The summed E-state index contributed by atoms with van der Waals surface area (Å²) in [7, 11) is 1.39. The second-order valence-electron chi connectivity index (χ2n) is 8.64. The van der Waals surface area contributed by atoms with Crippen LogP contribution < -0.4 is 4.74 Å². The summed E-state index contributed by atoms with van der Waals surface area (Å²) in [5.74, 6) is 5.82. The van der Waals surface area contributed by atoms with E-state index >= 15 is 0 Å². The molecule has 2 aromatic carbocycles. The summed E-state index contributed by atoms with van der Waals surface area (Å²) in [5.41, 5.74) is 2.03. The van der Waals surface area contributed by atoms with Crippen LogP contribution >= 0.6 is 0 Å². The highest BCUT2D eigenvalue weighted by molar-refractivity contribution is 5.89. The highest BCUT2D eigenvalue weighted by Gasteiger charge is 2.48. The van der Waals surface area contributed by atoms with E-state index in [1.54, 1.807) is 24.3 Å². The molecule has 0 heterocycles. The molecule has 27 heavy (non-hydrogen) atoms. The molecular weight excluding hydrogens is 336 g/mol. The van der Waals surface area contributed by atoms with E-state index in [1.807, 2.05) is 0 Å². The van der Waals surface area contributed by atoms with Gasteiger partial charge in [0.15, 0.2) is 0 Å². The number of ether oxygens (including phenoxy) is 2. The molecule has 4 aliphatic carbocycles. The maximum absolute atomic E-state index is 11.5. The lowest BCUT2D eigenvalue weighted by Crippen LogP contribution is -2.43. The first-order chi connectivity index (χ1) is 13.2. The van der Waals surface area contributed by atoms with Crippen molar-refractivity contribution in [2.24, 2.45) is 23.7 Å². The Kier molecular flexibility index (Phi) is 4.18. The quantitative estimate of drug-likeness (QED) is 0.644. The van der Waals surface area contributed by atoms with E-state index < -0.39 is 0 Å². The molecule has 0 radical (unpaired) electrons. The van der Waals surface area contributed by atoms with Crippen LogP contribution in [0.1, 0.15) is 53.9 Å². The van der Waals surface area contributed by atoms with Crippen molar-refractivity contribution in [3.8, 4) is 11.5 Å². The van der Waals surface area contributed by atoms with Gasteiger partial charge in [-0.15, -0.1) is 0 Å². The second kappa shape index (κ2) is 6.70. The van der Waals surface area contributed by atoms with Crippen LogP contribution in [0.15, 0.2) is 48.5 Å². The van der Waals surface area contributed by atoms with E-state index in [0.717, 1.165) is 41.1 Å². The molecule has 0 atom stereocenters. The molecule has 2 aromatic rings. The van der Waals surface area contributed by atoms with Crippen LogP contribution in [0, 0.1) is 23.7 Å². The maximum Gasteiger partial charge on any atom is 0.337 e. The lowest BCUT2D eigenvalue weighted by molar-refractivity contribution is -0.00279. The number of rotatable bonds is 4. The number of hydrogen-bond acceptors (Lipinski definition) is 3. The van der Waals surface area contributed by atoms with Crippen molar-refractivity contribution in [1.29, 1.82) is 0 Å². The minimum atomic E-state index is -0.332. The fourth-order valence-electron chi connectivity index (χ4n) is 6.14. The zero-order valence-electron chi connectivity index (χ0n) is 15.8. The summed E-state index contributed by atoms with van der Waals surface area (Å²) in [6.07, 6.45) is 7.29. The number of benzene rings is 2. The molecule has 0 aliphatic heterocycles. The third-order valence-electron chi connectivity index (χ3n) is 7.00. The van der Waals surface area contributed by atoms with Gasteiger partial charge >= 0.3 is 5.97 Å². The number of hydrogen-bond donors (Lipinski definition) is 0. The monoisotopic (exact) mass is 362 g/mol.